The molecule has 0 spiro atoms. The van der Waals surface area contributed by atoms with Crippen molar-refractivity contribution in [3.63, 3.8) is 0 Å². The highest BCUT2D eigenvalue weighted by Crippen LogP contribution is 2.42. The Morgan fingerprint density at radius 1 is 1.52 bits per heavy atom. The number of aliphatic hydroxyl groups excluding tert-OH is 1. The monoisotopic (exact) mass is 294 g/mol. The smallest absolute Gasteiger partial charge is 0.268 e. The molecule has 1 heterocycles. The van der Waals surface area contributed by atoms with Crippen LogP contribution in [0.1, 0.15) is 12.5 Å². The number of hydrogen-bond donors (Lipinski definition) is 2. The van der Waals surface area contributed by atoms with Gasteiger partial charge in [-0.15, -0.1) is 0 Å². The third-order valence-electron chi connectivity index (χ3n) is 3.28. The summed E-state index contributed by atoms with van der Waals surface area (Å²) in [6.45, 7) is 1.29. The zero-order valence-electron chi connectivity index (χ0n) is 12.2. The topological polar surface area (TPSA) is 88.1 Å². The third kappa shape index (κ3) is 2.78. The molecule has 21 heavy (non-hydrogen) atoms. The number of nitrogens with zero attached hydrogens (tertiary/aromatic N) is 1. The molecule has 0 radical (unpaired) electrons. The number of hydrogen-bond acceptors (Lipinski definition) is 5. The van der Waals surface area contributed by atoms with Gasteiger partial charge in [-0.2, -0.15) is 0 Å². The van der Waals surface area contributed by atoms with Crippen LogP contribution in [0, 0.1) is 0 Å². The third-order valence-corrected chi connectivity index (χ3v) is 3.28. The van der Waals surface area contributed by atoms with E-state index in [4.69, 9.17) is 9.47 Å². The van der Waals surface area contributed by atoms with Crippen LogP contribution in [-0.2, 0) is 16.2 Å². The van der Waals surface area contributed by atoms with Crippen molar-refractivity contribution >= 4 is 17.5 Å². The molecule has 7 heteroatoms. The van der Waals surface area contributed by atoms with Crippen LogP contribution in [0.5, 0.6) is 11.5 Å². The standard InChI is InChI=1S/C14H18N2O5/c1-8-14(19)16(6-12(18)15-2)10-4-9(7-17)5-11(20-3)13(10)21-8/h4-5,8,17H,6-7H2,1-3H3,(H,15,18). The van der Waals surface area contributed by atoms with E-state index in [0.29, 0.717) is 22.7 Å². The Balaban J connectivity index is 2.53. The van der Waals surface area contributed by atoms with Gasteiger partial charge < -0.3 is 19.9 Å². The lowest BCUT2D eigenvalue weighted by Gasteiger charge is -2.33. The van der Waals surface area contributed by atoms with Crippen LogP contribution in [0.3, 0.4) is 0 Å². The molecule has 0 aliphatic carbocycles. The molecule has 1 unspecified atom stereocenters. The summed E-state index contributed by atoms with van der Waals surface area (Å²) in [6.07, 6.45) is -0.712. The second kappa shape index (κ2) is 6.01. The summed E-state index contributed by atoms with van der Waals surface area (Å²) in [5.74, 6) is 0.198. The fourth-order valence-corrected chi connectivity index (χ4v) is 2.16. The quantitative estimate of drug-likeness (QED) is 0.819. The molecule has 2 amide bonds. The molecule has 114 valence electrons. The van der Waals surface area contributed by atoms with Gasteiger partial charge in [-0.1, -0.05) is 0 Å². The second-order valence-corrected chi connectivity index (χ2v) is 4.66. The summed E-state index contributed by atoms with van der Waals surface area (Å²) in [7, 11) is 2.98. The lowest BCUT2D eigenvalue weighted by molar-refractivity contribution is -0.128. The van der Waals surface area contributed by atoms with Gasteiger partial charge in [0.05, 0.1) is 19.4 Å². The number of fused-ring (bicyclic) bond motifs is 1. The predicted molar refractivity (Wildman–Crippen MR) is 75.4 cm³/mol. The number of amides is 2. The zero-order chi connectivity index (χ0) is 15.6. The zero-order valence-corrected chi connectivity index (χ0v) is 12.2. The van der Waals surface area contributed by atoms with E-state index in [1.54, 1.807) is 19.1 Å². The summed E-state index contributed by atoms with van der Waals surface area (Å²) in [6, 6.07) is 3.25. The number of ether oxygens (including phenoxy) is 2. The Hall–Kier alpha value is -2.28. The summed E-state index contributed by atoms with van der Waals surface area (Å²) in [5, 5.41) is 11.8. The maximum absolute atomic E-state index is 12.3. The van der Waals surface area contributed by atoms with Crippen LogP contribution in [0.2, 0.25) is 0 Å². The Kier molecular flexibility index (Phi) is 4.32. The van der Waals surface area contributed by atoms with E-state index in [9.17, 15) is 14.7 Å². The number of benzene rings is 1. The van der Waals surface area contributed by atoms with Gasteiger partial charge in [0.1, 0.15) is 6.54 Å². The van der Waals surface area contributed by atoms with Crippen molar-refractivity contribution in [3.8, 4) is 11.5 Å². The van der Waals surface area contributed by atoms with E-state index in [0.717, 1.165) is 0 Å². The van der Waals surface area contributed by atoms with Crippen LogP contribution >= 0.6 is 0 Å². The van der Waals surface area contributed by atoms with E-state index in [1.165, 1.54) is 19.1 Å². The summed E-state index contributed by atoms with van der Waals surface area (Å²) in [4.78, 5) is 25.2. The normalized spacial score (nSPS) is 17.0. The molecule has 2 rings (SSSR count). The number of carbonyl (C=O) groups is 2. The van der Waals surface area contributed by atoms with Crippen molar-refractivity contribution in [2.45, 2.75) is 19.6 Å². The minimum Gasteiger partial charge on any atom is -0.493 e. The number of nitrogens with one attached hydrogen (secondary N) is 1. The number of methoxy groups -OCH3 is 1. The summed E-state index contributed by atoms with van der Waals surface area (Å²) >= 11 is 0. The fourth-order valence-electron chi connectivity index (χ4n) is 2.16. The SMILES string of the molecule is CNC(=O)CN1C(=O)C(C)Oc2c(OC)cc(CO)cc21. The Morgan fingerprint density at radius 3 is 2.81 bits per heavy atom. The highest BCUT2D eigenvalue weighted by atomic mass is 16.5. The number of likely N-dealkylation sites (N-methyl/N-ethyl adjacent to an activating group) is 1. The van der Waals surface area contributed by atoms with Crippen molar-refractivity contribution in [2.24, 2.45) is 0 Å². The molecule has 0 saturated carbocycles. The van der Waals surface area contributed by atoms with E-state index in [2.05, 4.69) is 5.32 Å². The molecular formula is C14H18N2O5. The number of aliphatic hydroxyl groups is 1. The Morgan fingerprint density at radius 2 is 2.24 bits per heavy atom. The average Bonchev–Trinajstić information content (AvgIpc) is 2.50. The van der Waals surface area contributed by atoms with Crippen LogP contribution < -0.4 is 19.7 Å². The number of rotatable bonds is 4. The van der Waals surface area contributed by atoms with Crippen molar-refractivity contribution in [1.29, 1.82) is 0 Å². The fraction of sp³-hybridized carbons (Fsp3) is 0.429. The van der Waals surface area contributed by atoms with Gasteiger partial charge in [-0.3, -0.25) is 14.5 Å². The lowest BCUT2D eigenvalue weighted by atomic mass is 10.1. The Bertz CT molecular complexity index is 573. The first kappa shape index (κ1) is 15.1. The molecule has 0 aromatic heterocycles. The average molecular weight is 294 g/mol. The van der Waals surface area contributed by atoms with E-state index >= 15 is 0 Å². The van der Waals surface area contributed by atoms with Gasteiger partial charge in [0.25, 0.3) is 5.91 Å². The largest absolute Gasteiger partial charge is 0.493 e. The highest BCUT2D eigenvalue weighted by Gasteiger charge is 2.34. The van der Waals surface area contributed by atoms with Crippen LogP contribution in [-0.4, -0.2) is 43.7 Å². The first-order chi connectivity index (χ1) is 10.0. The molecule has 7 nitrogen and oxygen atoms in total. The maximum atomic E-state index is 12.3. The molecule has 1 aromatic carbocycles. The van der Waals surface area contributed by atoms with Gasteiger partial charge in [-0.25, -0.2) is 0 Å². The molecule has 1 aromatic rings. The van der Waals surface area contributed by atoms with Crippen molar-refractivity contribution in [2.75, 3.05) is 25.6 Å². The molecule has 1 aliphatic heterocycles. The molecular weight excluding hydrogens is 276 g/mol. The van der Waals surface area contributed by atoms with Crippen LogP contribution in [0.4, 0.5) is 5.69 Å². The lowest BCUT2D eigenvalue weighted by Crippen LogP contribution is -2.48. The summed E-state index contributed by atoms with van der Waals surface area (Å²) in [5.41, 5.74) is 0.989. The molecule has 0 fully saturated rings. The van der Waals surface area contributed by atoms with Crippen molar-refractivity contribution in [1.82, 2.24) is 5.32 Å². The highest BCUT2D eigenvalue weighted by molar-refractivity contribution is 6.04. The molecule has 1 aliphatic rings. The summed E-state index contributed by atoms with van der Waals surface area (Å²) < 4.78 is 10.8. The van der Waals surface area contributed by atoms with E-state index in [1.807, 2.05) is 0 Å². The minimum atomic E-state index is -0.712. The van der Waals surface area contributed by atoms with E-state index in [-0.39, 0.29) is 25.0 Å². The van der Waals surface area contributed by atoms with E-state index < -0.39 is 6.10 Å². The maximum Gasteiger partial charge on any atom is 0.268 e. The number of carbonyl (C=O) groups excluding carboxylic acids is 2. The number of anilines is 1. The van der Waals surface area contributed by atoms with Gasteiger partial charge in [-0.05, 0) is 24.6 Å². The van der Waals surface area contributed by atoms with Crippen LogP contribution in [0.15, 0.2) is 12.1 Å². The predicted octanol–water partition coefficient (Wildman–Crippen LogP) is 0.0474. The van der Waals surface area contributed by atoms with Gasteiger partial charge in [0.15, 0.2) is 17.6 Å². The van der Waals surface area contributed by atoms with Crippen molar-refractivity contribution < 1.29 is 24.2 Å². The molecule has 0 bridgehead atoms. The second-order valence-electron chi connectivity index (χ2n) is 4.66. The minimum absolute atomic E-state index is 0.117. The van der Waals surface area contributed by atoms with Gasteiger partial charge in [0, 0.05) is 7.05 Å². The molecule has 2 N–H and O–H groups in total. The first-order valence-electron chi connectivity index (χ1n) is 6.52. The molecule has 1 atom stereocenters. The van der Waals surface area contributed by atoms with Gasteiger partial charge >= 0.3 is 0 Å². The first-order valence-corrected chi connectivity index (χ1v) is 6.52. The Labute approximate surface area is 122 Å². The van der Waals surface area contributed by atoms with Gasteiger partial charge in [0.2, 0.25) is 5.91 Å². The van der Waals surface area contributed by atoms with Crippen LogP contribution in [0.25, 0.3) is 0 Å². The van der Waals surface area contributed by atoms with Crippen molar-refractivity contribution in [3.05, 3.63) is 17.7 Å². The molecule has 0 saturated heterocycles.